The lowest BCUT2D eigenvalue weighted by molar-refractivity contribution is 0.429. The molecule has 0 amide bonds. The van der Waals surface area contributed by atoms with Crippen LogP contribution in [0.1, 0.15) is 50.2 Å². The molecule has 2 aliphatic rings. The first kappa shape index (κ1) is 13.1. The maximum atomic E-state index is 11.7. The number of fused-ring (bicyclic) bond motifs is 1. The van der Waals surface area contributed by atoms with Gasteiger partial charge in [0.15, 0.2) is 9.84 Å². The second kappa shape index (κ2) is 4.89. The van der Waals surface area contributed by atoms with Gasteiger partial charge in [-0.3, -0.25) is 0 Å². The van der Waals surface area contributed by atoms with Gasteiger partial charge in [0.1, 0.15) is 11.6 Å². The van der Waals surface area contributed by atoms with Gasteiger partial charge < -0.3 is 4.57 Å². The van der Waals surface area contributed by atoms with Crippen LogP contribution in [0, 0.1) is 5.92 Å². The molecule has 19 heavy (non-hydrogen) atoms. The average Bonchev–Trinajstić information content (AvgIpc) is 2.73. The van der Waals surface area contributed by atoms with Crippen molar-refractivity contribution in [3.63, 3.8) is 0 Å². The zero-order valence-corrected chi connectivity index (χ0v) is 12.2. The Kier molecular flexibility index (Phi) is 3.37. The van der Waals surface area contributed by atoms with E-state index in [1.807, 2.05) is 0 Å². The van der Waals surface area contributed by atoms with E-state index in [1.165, 1.54) is 12.8 Å². The first-order valence-corrected chi connectivity index (χ1v) is 9.00. The highest BCUT2D eigenvalue weighted by Crippen LogP contribution is 2.28. The van der Waals surface area contributed by atoms with Crippen molar-refractivity contribution in [1.82, 2.24) is 14.8 Å². The average molecular weight is 283 g/mol. The maximum Gasteiger partial charge on any atom is 0.150 e. The van der Waals surface area contributed by atoms with Crippen molar-refractivity contribution in [2.75, 3.05) is 11.5 Å². The molecule has 2 atom stereocenters. The van der Waals surface area contributed by atoms with Crippen LogP contribution in [-0.2, 0) is 22.8 Å². The molecule has 3 heterocycles. The van der Waals surface area contributed by atoms with Gasteiger partial charge in [-0.25, -0.2) is 8.42 Å². The van der Waals surface area contributed by atoms with Gasteiger partial charge in [-0.15, -0.1) is 10.2 Å². The number of aromatic nitrogens is 3. The Morgan fingerprint density at radius 2 is 2.11 bits per heavy atom. The largest absolute Gasteiger partial charge is 0.315 e. The fourth-order valence-corrected chi connectivity index (χ4v) is 5.11. The summed E-state index contributed by atoms with van der Waals surface area (Å²) in [4.78, 5) is 0. The molecule has 6 heteroatoms. The molecule has 1 fully saturated rings. The summed E-state index contributed by atoms with van der Waals surface area (Å²) in [5.41, 5.74) is 0. The maximum absolute atomic E-state index is 11.7. The van der Waals surface area contributed by atoms with Crippen LogP contribution in [0.3, 0.4) is 0 Å². The predicted molar refractivity (Wildman–Crippen MR) is 72.8 cm³/mol. The number of rotatable bonds is 2. The smallest absolute Gasteiger partial charge is 0.150 e. The molecule has 3 rings (SSSR count). The summed E-state index contributed by atoms with van der Waals surface area (Å²) < 4.78 is 25.6. The molecule has 1 saturated heterocycles. The lowest BCUT2D eigenvalue weighted by atomic mass is 9.99. The Morgan fingerprint density at radius 3 is 2.89 bits per heavy atom. The van der Waals surface area contributed by atoms with Crippen LogP contribution in [0.4, 0.5) is 0 Å². The highest BCUT2D eigenvalue weighted by molar-refractivity contribution is 7.91. The Labute approximate surface area is 114 Å². The molecule has 2 unspecified atom stereocenters. The first-order valence-electron chi connectivity index (χ1n) is 7.17. The SMILES string of the molecule is CC1CCCn2c(CC3CCCS(=O)(=O)C3)nnc21. The van der Waals surface area contributed by atoms with Crippen LogP contribution in [0.5, 0.6) is 0 Å². The second-order valence-corrected chi connectivity index (χ2v) is 8.22. The lowest BCUT2D eigenvalue weighted by Gasteiger charge is -2.24. The summed E-state index contributed by atoms with van der Waals surface area (Å²) in [6.45, 7) is 3.18. The van der Waals surface area contributed by atoms with Gasteiger partial charge in [0.2, 0.25) is 0 Å². The minimum Gasteiger partial charge on any atom is -0.315 e. The van der Waals surface area contributed by atoms with Crippen LogP contribution < -0.4 is 0 Å². The molecule has 0 spiro atoms. The van der Waals surface area contributed by atoms with Gasteiger partial charge in [-0.1, -0.05) is 6.92 Å². The topological polar surface area (TPSA) is 64.8 Å². The zero-order valence-electron chi connectivity index (χ0n) is 11.4. The highest BCUT2D eigenvalue weighted by atomic mass is 32.2. The molecule has 0 radical (unpaired) electrons. The molecular weight excluding hydrogens is 262 g/mol. The number of hydrogen-bond acceptors (Lipinski definition) is 4. The van der Waals surface area contributed by atoms with E-state index in [9.17, 15) is 8.42 Å². The van der Waals surface area contributed by atoms with Gasteiger partial charge >= 0.3 is 0 Å². The first-order chi connectivity index (χ1) is 9.05. The van der Waals surface area contributed by atoms with Crippen molar-refractivity contribution in [1.29, 1.82) is 0 Å². The van der Waals surface area contributed by atoms with Crippen LogP contribution >= 0.6 is 0 Å². The second-order valence-electron chi connectivity index (χ2n) is 6.00. The molecule has 106 valence electrons. The highest BCUT2D eigenvalue weighted by Gasteiger charge is 2.28. The van der Waals surface area contributed by atoms with Crippen molar-refractivity contribution in [3.8, 4) is 0 Å². The molecule has 0 saturated carbocycles. The summed E-state index contributed by atoms with van der Waals surface area (Å²) in [7, 11) is -2.82. The molecule has 1 aromatic rings. The summed E-state index contributed by atoms with van der Waals surface area (Å²) in [6, 6.07) is 0. The zero-order chi connectivity index (χ0) is 13.5. The third kappa shape index (κ3) is 2.68. The monoisotopic (exact) mass is 283 g/mol. The van der Waals surface area contributed by atoms with Crippen LogP contribution in [-0.4, -0.2) is 34.7 Å². The van der Waals surface area contributed by atoms with Crippen molar-refractivity contribution < 1.29 is 8.42 Å². The summed E-state index contributed by atoms with van der Waals surface area (Å²) >= 11 is 0. The Bertz CT molecular complexity index is 564. The van der Waals surface area contributed by atoms with Crippen LogP contribution in [0.2, 0.25) is 0 Å². The van der Waals surface area contributed by atoms with Gasteiger partial charge in [0.05, 0.1) is 11.5 Å². The fourth-order valence-electron chi connectivity index (χ4n) is 3.33. The Hall–Kier alpha value is -0.910. The number of sulfone groups is 1. The van der Waals surface area contributed by atoms with Gasteiger partial charge in [0, 0.05) is 18.9 Å². The van der Waals surface area contributed by atoms with Crippen molar-refractivity contribution in [2.24, 2.45) is 5.92 Å². The molecular formula is C13H21N3O2S. The predicted octanol–water partition coefficient (Wildman–Crippen LogP) is 1.54. The van der Waals surface area contributed by atoms with E-state index in [4.69, 9.17) is 0 Å². The molecule has 5 nitrogen and oxygen atoms in total. The fraction of sp³-hybridized carbons (Fsp3) is 0.846. The van der Waals surface area contributed by atoms with Crippen molar-refractivity contribution in [2.45, 2.75) is 51.5 Å². The van der Waals surface area contributed by atoms with Crippen LogP contribution in [0.15, 0.2) is 0 Å². The van der Waals surface area contributed by atoms with Crippen molar-refractivity contribution in [3.05, 3.63) is 11.6 Å². The van der Waals surface area contributed by atoms with Gasteiger partial charge in [0.25, 0.3) is 0 Å². The molecule has 1 aromatic heterocycles. The van der Waals surface area contributed by atoms with Crippen LogP contribution in [0.25, 0.3) is 0 Å². The lowest BCUT2D eigenvalue weighted by Crippen LogP contribution is -2.27. The quantitative estimate of drug-likeness (QED) is 0.826. The molecule has 2 aliphatic heterocycles. The number of nitrogens with zero attached hydrogens (tertiary/aromatic N) is 3. The summed E-state index contributed by atoms with van der Waals surface area (Å²) in [6.07, 6.45) is 4.90. The Balaban J connectivity index is 1.77. The summed E-state index contributed by atoms with van der Waals surface area (Å²) in [5, 5.41) is 8.61. The minimum atomic E-state index is -2.82. The number of hydrogen-bond donors (Lipinski definition) is 0. The Morgan fingerprint density at radius 1 is 1.26 bits per heavy atom. The molecule has 0 aliphatic carbocycles. The van der Waals surface area contributed by atoms with E-state index in [0.29, 0.717) is 17.4 Å². The van der Waals surface area contributed by atoms with E-state index in [0.717, 1.165) is 37.5 Å². The van der Waals surface area contributed by atoms with E-state index in [1.54, 1.807) is 0 Å². The van der Waals surface area contributed by atoms with Gasteiger partial charge in [-0.05, 0) is 31.6 Å². The van der Waals surface area contributed by atoms with E-state index >= 15 is 0 Å². The third-order valence-corrected chi connectivity index (χ3v) is 6.23. The normalized spacial score (nSPS) is 29.9. The third-order valence-electron chi connectivity index (χ3n) is 4.34. The van der Waals surface area contributed by atoms with E-state index < -0.39 is 9.84 Å². The molecule has 0 N–H and O–H groups in total. The molecule has 0 aromatic carbocycles. The van der Waals surface area contributed by atoms with Crippen molar-refractivity contribution >= 4 is 9.84 Å². The van der Waals surface area contributed by atoms with E-state index in [-0.39, 0.29) is 5.92 Å². The van der Waals surface area contributed by atoms with Gasteiger partial charge in [-0.2, -0.15) is 0 Å². The van der Waals surface area contributed by atoms with E-state index in [2.05, 4.69) is 21.7 Å². The molecule has 0 bridgehead atoms. The minimum absolute atomic E-state index is 0.226. The summed E-state index contributed by atoms with van der Waals surface area (Å²) in [5.74, 6) is 3.46. The standard InChI is InChI=1S/C13H21N3O2S/c1-10-4-2-6-16-12(14-15-13(10)16)8-11-5-3-7-19(17,18)9-11/h10-11H,2-9H2,1H3.